The van der Waals surface area contributed by atoms with Crippen LogP contribution in [0.25, 0.3) is 0 Å². The van der Waals surface area contributed by atoms with Crippen LogP contribution < -0.4 is 9.47 Å². The molecular formula is C19H22ClNO3. The van der Waals surface area contributed by atoms with Crippen LogP contribution in [0, 0.1) is 0 Å². The first kappa shape index (κ1) is 18.1. The topological polar surface area (TPSA) is 38.8 Å². The van der Waals surface area contributed by atoms with Gasteiger partial charge in [-0.3, -0.25) is 4.79 Å². The maximum absolute atomic E-state index is 12.7. The van der Waals surface area contributed by atoms with E-state index in [2.05, 4.69) is 0 Å². The van der Waals surface area contributed by atoms with Crippen molar-refractivity contribution in [3.05, 3.63) is 58.6 Å². The van der Waals surface area contributed by atoms with Crippen LogP contribution in [0.1, 0.15) is 29.3 Å². The van der Waals surface area contributed by atoms with Gasteiger partial charge >= 0.3 is 0 Å². The number of methoxy groups -OCH3 is 1. The van der Waals surface area contributed by atoms with Gasteiger partial charge in [0.05, 0.1) is 13.7 Å². The number of nitrogens with zero attached hydrogens (tertiary/aromatic N) is 1. The second-order valence-corrected chi connectivity index (χ2v) is 5.93. The summed E-state index contributed by atoms with van der Waals surface area (Å²) >= 11 is 6.05. The van der Waals surface area contributed by atoms with Crippen molar-refractivity contribution in [2.24, 2.45) is 0 Å². The lowest BCUT2D eigenvalue weighted by Crippen LogP contribution is -2.26. The molecule has 24 heavy (non-hydrogen) atoms. The number of carbonyl (C=O) groups excluding carboxylic acids is 1. The van der Waals surface area contributed by atoms with Crippen molar-refractivity contribution in [3.8, 4) is 11.5 Å². The van der Waals surface area contributed by atoms with Crippen LogP contribution in [-0.4, -0.2) is 31.6 Å². The van der Waals surface area contributed by atoms with Crippen molar-refractivity contribution in [1.29, 1.82) is 0 Å². The Kier molecular flexibility index (Phi) is 6.50. The van der Waals surface area contributed by atoms with E-state index in [0.717, 1.165) is 12.0 Å². The molecule has 0 saturated carbocycles. The lowest BCUT2D eigenvalue weighted by molar-refractivity contribution is 0.0783. The number of rotatable bonds is 7. The molecule has 0 radical (unpaired) electrons. The minimum Gasteiger partial charge on any atom is -0.496 e. The molecule has 4 nitrogen and oxygen atoms in total. The van der Waals surface area contributed by atoms with Gasteiger partial charge in [0, 0.05) is 29.7 Å². The molecule has 5 heteroatoms. The van der Waals surface area contributed by atoms with E-state index in [4.69, 9.17) is 21.1 Å². The number of ether oxygens (including phenoxy) is 2. The van der Waals surface area contributed by atoms with Gasteiger partial charge in [-0.2, -0.15) is 0 Å². The van der Waals surface area contributed by atoms with Crippen molar-refractivity contribution in [2.45, 2.75) is 19.9 Å². The van der Waals surface area contributed by atoms with Crippen molar-refractivity contribution in [1.82, 2.24) is 4.90 Å². The highest BCUT2D eigenvalue weighted by atomic mass is 35.5. The third-order valence-corrected chi connectivity index (χ3v) is 3.79. The smallest absolute Gasteiger partial charge is 0.254 e. The van der Waals surface area contributed by atoms with Gasteiger partial charge < -0.3 is 14.4 Å². The Balaban J connectivity index is 2.14. The summed E-state index contributed by atoms with van der Waals surface area (Å²) in [5, 5.41) is 0.613. The monoisotopic (exact) mass is 347 g/mol. The quantitative estimate of drug-likeness (QED) is 0.744. The third kappa shape index (κ3) is 4.65. The second-order valence-electron chi connectivity index (χ2n) is 5.49. The van der Waals surface area contributed by atoms with Crippen molar-refractivity contribution in [2.75, 3.05) is 20.8 Å². The fourth-order valence-electron chi connectivity index (χ4n) is 2.36. The summed E-state index contributed by atoms with van der Waals surface area (Å²) in [7, 11) is 3.35. The molecule has 2 rings (SSSR count). The number of halogens is 1. The van der Waals surface area contributed by atoms with E-state index in [1.165, 1.54) is 0 Å². The molecule has 0 unspecified atom stereocenters. The highest BCUT2D eigenvalue weighted by Crippen LogP contribution is 2.24. The van der Waals surface area contributed by atoms with Gasteiger partial charge in [-0.1, -0.05) is 24.6 Å². The maximum Gasteiger partial charge on any atom is 0.254 e. The minimum absolute atomic E-state index is 0.0843. The highest BCUT2D eigenvalue weighted by molar-refractivity contribution is 6.30. The molecule has 0 N–H and O–H groups in total. The van der Waals surface area contributed by atoms with E-state index in [-0.39, 0.29) is 5.91 Å². The van der Waals surface area contributed by atoms with E-state index < -0.39 is 0 Å². The summed E-state index contributed by atoms with van der Waals surface area (Å²) < 4.78 is 10.9. The van der Waals surface area contributed by atoms with Crippen LogP contribution in [-0.2, 0) is 6.54 Å². The second kappa shape index (κ2) is 8.60. The first-order valence-corrected chi connectivity index (χ1v) is 8.23. The molecule has 0 aliphatic heterocycles. The van der Waals surface area contributed by atoms with Crippen LogP contribution >= 0.6 is 11.6 Å². The summed E-state index contributed by atoms with van der Waals surface area (Å²) in [6, 6.07) is 12.6. The van der Waals surface area contributed by atoms with Crippen LogP contribution in [0.2, 0.25) is 5.02 Å². The zero-order chi connectivity index (χ0) is 17.5. The number of hydrogen-bond donors (Lipinski definition) is 0. The molecule has 0 atom stereocenters. The van der Waals surface area contributed by atoms with Gasteiger partial charge in [0.2, 0.25) is 0 Å². The summed E-state index contributed by atoms with van der Waals surface area (Å²) in [5.41, 5.74) is 1.45. The van der Waals surface area contributed by atoms with Gasteiger partial charge in [0.1, 0.15) is 11.5 Å². The van der Waals surface area contributed by atoms with Crippen LogP contribution in [0.3, 0.4) is 0 Å². The fraction of sp³-hybridized carbons (Fsp3) is 0.316. The highest BCUT2D eigenvalue weighted by Gasteiger charge is 2.15. The number of benzene rings is 2. The Morgan fingerprint density at radius 1 is 1.21 bits per heavy atom. The lowest BCUT2D eigenvalue weighted by Gasteiger charge is -2.19. The van der Waals surface area contributed by atoms with Gasteiger partial charge in [0.25, 0.3) is 5.91 Å². The molecule has 0 aliphatic rings. The summed E-state index contributed by atoms with van der Waals surface area (Å²) in [6.07, 6.45) is 0.923. The number of hydrogen-bond acceptors (Lipinski definition) is 3. The van der Waals surface area contributed by atoms with Gasteiger partial charge in [-0.25, -0.2) is 0 Å². The molecule has 0 saturated heterocycles. The Bertz CT molecular complexity index is 703. The Hall–Kier alpha value is -2.20. The van der Waals surface area contributed by atoms with Crippen LogP contribution in [0.15, 0.2) is 42.5 Å². The molecule has 128 valence electrons. The molecule has 0 bridgehead atoms. The molecule has 0 spiro atoms. The predicted molar refractivity (Wildman–Crippen MR) is 96.0 cm³/mol. The zero-order valence-corrected chi connectivity index (χ0v) is 15.0. The normalized spacial score (nSPS) is 10.3. The molecule has 2 aromatic carbocycles. The summed E-state index contributed by atoms with van der Waals surface area (Å²) in [4.78, 5) is 14.3. The van der Waals surface area contributed by atoms with Gasteiger partial charge in [-0.15, -0.1) is 0 Å². The van der Waals surface area contributed by atoms with Crippen molar-refractivity contribution < 1.29 is 14.3 Å². The molecule has 0 aromatic heterocycles. The summed E-state index contributed by atoms with van der Waals surface area (Å²) in [5.74, 6) is 1.33. The minimum atomic E-state index is -0.0843. The van der Waals surface area contributed by atoms with E-state index >= 15 is 0 Å². The van der Waals surface area contributed by atoms with Crippen molar-refractivity contribution in [3.63, 3.8) is 0 Å². The zero-order valence-electron chi connectivity index (χ0n) is 14.2. The summed E-state index contributed by atoms with van der Waals surface area (Å²) in [6.45, 7) is 3.08. The molecule has 0 heterocycles. The number of carbonyl (C=O) groups is 1. The van der Waals surface area contributed by atoms with E-state index in [0.29, 0.717) is 35.2 Å². The molecule has 1 amide bonds. The first-order valence-electron chi connectivity index (χ1n) is 7.86. The lowest BCUT2D eigenvalue weighted by atomic mass is 10.1. The average Bonchev–Trinajstić information content (AvgIpc) is 2.59. The largest absolute Gasteiger partial charge is 0.496 e. The van der Waals surface area contributed by atoms with Crippen LogP contribution in [0.4, 0.5) is 0 Å². The van der Waals surface area contributed by atoms with E-state index in [1.807, 2.05) is 25.1 Å². The Morgan fingerprint density at radius 3 is 2.71 bits per heavy atom. The van der Waals surface area contributed by atoms with Gasteiger partial charge in [0.15, 0.2) is 0 Å². The SMILES string of the molecule is CCCOc1cccc(C(=O)N(C)Cc2cc(Cl)ccc2OC)c1. The Morgan fingerprint density at radius 2 is 2.00 bits per heavy atom. The van der Waals surface area contributed by atoms with Gasteiger partial charge in [-0.05, 0) is 42.8 Å². The maximum atomic E-state index is 12.7. The molecule has 2 aromatic rings. The molecular weight excluding hydrogens is 326 g/mol. The van der Waals surface area contributed by atoms with E-state index in [1.54, 1.807) is 43.3 Å². The van der Waals surface area contributed by atoms with Crippen molar-refractivity contribution >= 4 is 17.5 Å². The molecule has 0 fully saturated rings. The first-order chi connectivity index (χ1) is 11.5. The van der Waals surface area contributed by atoms with E-state index in [9.17, 15) is 4.79 Å². The average molecular weight is 348 g/mol. The third-order valence-electron chi connectivity index (χ3n) is 3.55. The van der Waals surface area contributed by atoms with Crippen LogP contribution in [0.5, 0.6) is 11.5 Å². The predicted octanol–water partition coefficient (Wildman–Crippen LogP) is 4.41. The Labute approximate surface area is 147 Å². The fourth-order valence-corrected chi connectivity index (χ4v) is 2.55. The number of amides is 1. The standard InChI is InChI=1S/C19H22ClNO3/c1-4-10-24-17-7-5-6-14(12-17)19(22)21(2)13-15-11-16(20)8-9-18(15)23-3/h5-9,11-12H,4,10,13H2,1-3H3. The molecule has 0 aliphatic carbocycles.